The van der Waals surface area contributed by atoms with Crippen LogP contribution in [0.3, 0.4) is 0 Å². The highest BCUT2D eigenvalue weighted by atomic mass is 16.3. The van der Waals surface area contributed by atoms with E-state index in [1.807, 2.05) is 6.92 Å². The van der Waals surface area contributed by atoms with Crippen LogP contribution in [0.5, 0.6) is 0 Å². The average molecular weight is 541 g/mol. The van der Waals surface area contributed by atoms with Gasteiger partial charge in [-0.3, -0.25) is 14.4 Å². The third kappa shape index (κ3) is 6.50. The molecule has 218 valence electrons. The fraction of sp³-hybridized carbons (Fsp3) is 0.794. The molecule has 4 fully saturated rings. The third-order valence-corrected chi connectivity index (χ3v) is 11.8. The zero-order chi connectivity index (χ0) is 28.5. The van der Waals surface area contributed by atoms with Crippen LogP contribution in [0.25, 0.3) is 0 Å². The maximum absolute atomic E-state index is 13.1. The zero-order valence-electron chi connectivity index (χ0n) is 24.8. The zero-order valence-corrected chi connectivity index (χ0v) is 24.8. The number of carbonyl (C=O) groups is 3. The number of hydrogen-bond acceptors (Lipinski definition) is 5. The Bertz CT molecular complexity index is 980. The van der Waals surface area contributed by atoms with Gasteiger partial charge in [-0.1, -0.05) is 44.6 Å². The number of aliphatic hydroxyl groups excluding tert-OH is 2. The molecule has 4 aliphatic rings. The van der Waals surface area contributed by atoms with Crippen molar-refractivity contribution in [2.24, 2.45) is 52.8 Å². The molecule has 0 heterocycles. The van der Waals surface area contributed by atoms with Gasteiger partial charge in [0.25, 0.3) is 0 Å². The number of fused-ring (bicyclic) bond motifs is 1. The molecule has 1 unspecified atom stereocenters. The second-order valence-electron chi connectivity index (χ2n) is 14.1. The lowest BCUT2D eigenvalue weighted by molar-refractivity contribution is -0.142. The Labute approximate surface area is 235 Å². The van der Waals surface area contributed by atoms with Crippen molar-refractivity contribution in [3.05, 3.63) is 23.8 Å². The minimum atomic E-state index is -0.341. The van der Waals surface area contributed by atoms with Crippen molar-refractivity contribution in [3.63, 3.8) is 0 Å². The van der Waals surface area contributed by atoms with E-state index in [-0.39, 0.29) is 53.6 Å². The fourth-order valence-electron chi connectivity index (χ4n) is 8.40. The number of carbonyl (C=O) groups excluding carboxylic acids is 3. The standard InChI is InChI=1S/C34H52O5/c1-20(6-7-22(3)29-18-31(37)23(4)30(29)19-35)25-11-10-24(32(38)15-25)9-8-21(2)26-14-27-17-28(36)12-13-34(27,5)33(39)16-26/h7,20,23-27,29-31,35,37H,2,6,8-19H2,1,3-5H3/b22-7+/t20?,23-,24+,25+,26-,27+,29-,30-,31+,34-/m0/s1. The van der Waals surface area contributed by atoms with E-state index in [1.165, 1.54) is 5.57 Å². The van der Waals surface area contributed by atoms with Gasteiger partial charge in [-0.25, -0.2) is 0 Å². The van der Waals surface area contributed by atoms with Gasteiger partial charge in [0.2, 0.25) is 0 Å². The Morgan fingerprint density at radius 3 is 2.59 bits per heavy atom. The Morgan fingerprint density at radius 1 is 1.15 bits per heavy atom. The summed E-state index contributed by atoms with van der Waals surface area (Å²) in [6, 6.07) is 0. The van der Waals surface area contributed by atoms with E-state index in [0.29, 0.717) is 61.3 Å². The van der Waals surface area contributed by atoms with Crippen molar-refractivity contribution >= 4 is 17.3 Å². The minimum absolute atomic E-state index is 0.0927. The molecule has 0 aromatic rings. The van der Waals surface area contributed by atoms with Crippen molar-refractivity contribution in [1.29, 1.82) is 0 Å². The highest BCUT2D eigenvalue weighted by Crippen LogP contribution is 2.50. The second kappa shape index (κ2) is 12.5. The predicted octanol–water partition coefficient (Wildman–Crippen LogP) is 6.26. The van der Waals surface area contributed by atoms with Crippen molar-refractivity contribution in [3.8, 4) is 0 Å². The summed E-state index contributed by atoms with van der Waals surface area (Å²) >= 11 is 0. The van der Waals surface area contributed by atoms with E-state index in [9.17, 15) is 24.6 Å². The van der Waals surface area contributed by atoms with Crippen LogP contribution in [-0.4, -0.2) is 40.3 Å². The maximum Gasteiger partial charge on any atom is 0.139 e. The van der Waals surface area contributed by atoms with Crippen molar-refractivity contribution < 1.29 is 24.6 Å². The van der Waals surface area contributed by atoms with E-state index >= 15 is 0 Å². The molecule has 5 nitrogen and oxygen atoms in total. The first-order valence-electron chi connectivity index (χ1n) is 15.7. The molecule has 5 heteroatoms. The van der Waals surface area contributed by atoms with Gasteiger partial charge in [0.15, 0.2) is 0 Å². The van der Waals surface area contributed by atoms with Gasteiger partial charge in [0.1, 0.15) is 17.3 Å². The molecular formula is C34H52O5. The fourth-order valence-corrected chi connectivity index (χ4v) is 8.40. The van der Waals surface area contributed by atoms with E-state index in [1.54, 1.807) is 0 Å². The van der Waals surface area contributed by atoms with Crippen LogP contribution in [0, 0.1) is 52.8 Å². The van der Waals surface area contributed by atoms with E-state index < -0.39 is 0 Å². The van der Waals surface area contributed by atoms with Gasteiger partial charge >= 0.3 is 0 Å². The smallest absolute Gasteiger partial charge is 0.139 e. The van der Waals surface area contributed by atoms with Gasteiger partial charge in [-0.2, -0.15) is 0 Å². The SMILES string of the molecule is C=C(CC[C@@H]1CC[C@@H](C(C)C/C=C(\C)[C@@H]2C[C@@H](O)[C@@H](C)[C@@H]2CO)CC1=O)[C@@H]1CC(=O)[C@@]2(C)CCC(=O)C[C@H]2C1. The maximum atomic E-state index is 13.1. The molecule has 4 aliphatic carbocycles. The van der Waals surface area contributed by atoms with Crippen molar-refractivity contribution in [1.82, 2.24) is 0 Å². The quantitative estimate of drug-likeness (QED) is 0.337. The Morgan fingerprint density at radius 2 is 1.90 bits per heavy atom. The van der Waals surface area contributed by atoms with Gasteiger partial charge in [-0.15, -0.1) is 0 Å². The highest BCUT2D eigenvalue weighted by Gasteiger charge is 2.49. The molecule has 0 saturated heterocycles. The van der Waals surface area contributed by atoms with Crippen LogP contribution in [0.4, 0.5) is 0 Å². The largest absolute Gasteiger partial charge is 0.396 e. The monoisotopic (exact) mass is 540 g/mol. The number of aliphatic hydroxyl groups is 2. The molecule has 0 aromatic heterocycles. The van der Waals surface area contributed by atoms with Crippen LogP contribution in [-0.2, 0) is 14.4 Å². The predicted molar refractivity (Wildman–Crippen MR) is 154 cm³/mol. The van der Waals surface area contributed by atoms with E-state index in [2.05, 4.69) is 33.4 Å². The van der Waals surface area contributed by atoms with E-state index in [0.717, 1.165) is 50.5 Å². The lowest BCUT2D eigenvalue weighted by Gasteiger charge is -2.46. The van der Waals surface area contributed by atoms with Gasteiger partial charge in [0, 0.05) is 43.6 Å². The first-order valence-corrected chi connectivity index (χ1v) is 15.7. The number of rotatable bonds is 9. The Hall–Kier alpha value is -1.59. The molecule has 0 aliphatic heterocycles. The van der Waals surface area contributed by atoms with E-state index in [4.69, 9.17) is 0 Å². The lowest BCUT2D eigenvalue weighted by Crippen LogP contribution is -2.46. The van der Waals surface area contributed by atoms with Crippen LogP contribution in [0.2, 0.25) is 0 Å². The van der Waals surface area contributed by atoms with Crippen LogP contribution in [0.15, 0.2) is 23.8 Å². The molecule has 0 aromatic carbocycles. The molecule has 4 saturated carbocycles. The van der Waals surface area contributed by atoms with Crippen molar-refractivity contribution in [2.45, 2.75) is 111 Å². The van der Waals surface area contributed by atoms with Gasteiger partial charge < -0.3 is 10.2 Å². The topological polar surface area (TPSA) is 91.7 Å². The molecule has 39 heavy (non-hydrogen) atoms. The summed E-state index contributed by atoms with van der Waals surface area (Å²) < 4.78 is 0. The third-order valence-electron chi connectivity index (χ3n) is 11.8. The average Bonchev–Trinajstić information content (AvgIpc) is 3.20. The summed E-state index contributed by atoms with van der Waals surface area (Å²) in [7, 11) is 0. The van der Waals surface area contributed by atoms with Gasteiger partial charge in [-0.05, 0) is 99.7 Å². The van der Waals surface area contributed by atoms with Crippen molar-refractivity contribution in [2.75, 3.05) is 6.61 Å². The molecule has 0 amide bonds. The summed E-state index contributed by atoms with van der Waals surface area (Å²) in [5.41, 5.74) is 2.03. The molecule has 4 rings (SSSR count). The highest BCUT2D eigenvalue weighted by molar-refractivity contribution is 5.90. The van der Waals surface area contributed by atoms with Crippen LogP contribution in [0.1, 0.15) is 105 Å². The number of hydrogen-bond donors (Lipinski definition) is 2. The molecule has 0 bridgehead atoms. The number of allylic oxidation sites excluding steroid dienone is 3. The number of ketones is 3. The normalized spacial score (nSPS) is 40.5. The summed E-state index contributed by atoms with van der Waals surface area (Å²) in [6.45, 7) is 12.9. The molecule has 10 atom stereocenters. The Kier molecular flexibility index (Phi) is 9.74. The van der Waals surface area contributed by atoms with Gasteiger partial charge in [0.05, 0.1) is 6.10 Å². The van der Waals surface area contributed by atoms with Crippen LogP contribution >= 0.6 is 0 Å². The summed E-state index contributed by atoms with van der Waals surface area (Å²) in [6.07, 6.45) is 11.1. The first kappa shape index (κ1) is 30.4. The second-order valence-corrected chi connectivity index (χ2v) is 14.1. The molecular weight excluding hydrogens is 488 g/mol. The molecule has 0 radical (unpaired) electrons. The molecule has 2 N–H and O–H groups in total. The molecule has 0 spiro atoms. The minimum Gasteiger partial charge on any atom is -0.396 e. The summed E-state index contributed by atoms with van der Waals surface area (Å²) in [4.78, 5) is 38.2. The summed E-state index contributed by atoms with van der Waals surface area (Å²) in [5.74, 6) is 2.69. The Balaban J connectivity index is 1.23. The summed E-state index contributed by atoms with van der Waals surface area (Å²) in [5, 5.41) is 20.1. The van der Waals surface area contributed by atoms with Crippen LogP contribution < -0.4 is 0 Å². The number of Topliss-reactive ketones (excluding diaryl/α,β-unsaturated/α-hetero) is 3. The first-order chi connectivity index (χ1) is 18.4. The lowest BCUT2D eigenvalue weighted by atomic mass is 9.56.